The van der Waals surface area contributed by atoms with Crippen LogP contribution in [-0.2, 0) is 6.54 Å². The van der Waals surface area contributed by atoms with Gasteiger partial charge >= 0.3 is 6.09 Å². The monoisotopic (exact) mass is 546 g/mol. The average molecular weight is 547 g/mol. The second-order valence-corrected chi connectivity index (χ2v) is 9.09. The van der Waals surface area contributed by atoms with Crippen molar-refractivity contribution in [3.63, 3.8) is 0 Å². The number of aromatic nitrogens is 4. The highest BCUT2D eigenvalue weighted by molar-refractivity contribution is 5.95. The van der Waals surface area contributed by atoms with Gasteiger partial charge in [-0.2, -0.15) is 0 Å². The molecular formula is C27H30N8O5. The summed E-state index contributed by atoms with van der Waals surface area (Å²) in [5, 5.41) is 17.9. The first-order chi connectivity index (χ1) is 19.4. The lowest BCUT2D eigenvalue weighted by Crippen LogP contribution is -2.33. The number of hydrogen-bond donors (Lipinski definition) is 4. The molecule has 1 aliphatic rings. The number of nitrogens with zero attached hydrogens (tertiary/aromatic N) is 5. The van der Waals surface area contributed by atoms with Crippen LogP contribution in [0, 0.1) is 0 Å². The third-order valence-electron chi connectivity index (χ3n) is 6.34. The van der Waals surface area contributed by atoms with Gasteiger partial charge in [0.25, 0.3) is 0 Å². The van der Waals surface area contributed by atoms with Crippen molar-refractivity contribution in [3.05, 3.63) is 66.0 Å². The lowest BCUT2D eigenvalue weighted by atomic mass is 10.1. The summed E-state index contributed by atoms with van der Waals surface area (Å²) in [4.78, 5) is 28.8. The molecule has 0 saturated heterocycles. The number of nitrogens with two attached hydrogens (primary N) is 1. The number of nitrogens with one attached hydrogen (secondary N) is 2. The third-order valence-corrected chi connectivity index (χ3v) is 6.34. The molecule has 0 saturated carbocycles. The number of aliphatic hydroxyl groups excluding tert-OH is 1. The first kappa shape index (κ1) is 26.8. The second kappa shape index (κ2) is 12.0. The number of carbonyl (C=O) groups excluding carboxylic acids is 1. The minimum Gasteiger partial charge on any atom is -0.491 e. The Morgan fingerprint density at radius 1 is 1.23 bits per heavy atom. The van der Waals surface area contributed by atoms with Gasteiger partial charge < -0.3 is 35.7 Å². The highest BCUT2D eigenvalue weighted by Gasteiger charge is 2.21. The molecule has 0 aliphatic carbocycles. The van der Waals surface area contributed by atoms with Crippen LogP contribution in [-0.4, -0.2) is 63.6 Å². The van der Waals surface area contributed by atoms with Crippen LogP contribution in [0.4, 0.5) is 16.6 Å². The number of anilines is 2. The van der Waals surface area contributed by atoms with E-state index in [-0.39, 0.29) is 30.0 Å². The van der Waals surface area contributed by atoms with Crippen LogP contribution in [0.15, 0.2) is 59.9 Å². The normalized spacial score (nSPS) is 14.3. The Labute approximate surface area is 229 Å². The highest BCUT2D eigenvalue weighted by Crippen LogP contribution is 2.37. The lowest BCUT2D eigenvalue weighted by molar-refractivity contribution is 0.102. The molecule has 5 rings (SSSR count). The van der Waals surface area contributed by atoms with Gasteiger partial charge in [-0.15, -0.1) is 4.99 Å². The molecule has 208 valence electrons. The fourth-order valence-corrected chi connectivity index (χ4v) is 4.35. The summed E-state index contributed by atoms with van der Waals surface area (Å²) in [6.07, 6.45) is 0.895. The number of amides is 1. The Bertz CT molecular complexity index is 1560. The van der Waals surface area contributed by atoms with Gasteiger partial charge in [0.2, 0.25) is 11.6 Å². The molecular weight excluding hydrogens is 516 g/mol. The number of aliphatic hydroxyl groups is 1. The summed E-state index contributed by atoms with van der Waals surface area (Å²) in [6, 6.07) is 13.7. The Balaban J connectivity index is 1.36. The van der Waals surface area contributed by atoms with Crippen LogP contribution in [0.25, 0.3) is 10.9 Å². The molecule has 0 bridgehead atoms. The maximum Gasteiger partial charge on any atom is 0.442 e. The molecule has 40 heavy (non-hydrogen) atoms. The van der Waals surface area contributed by atoms with Crippen molar-refractivity contribution in [1.82, 2.24) is 24.8 Å². The van der Waals surface area contributed by atoms with Gasteiger partial charge in [0.1, 0.15) is 24.0 Å². The predicted molar refractivity (Wildman–Crippen MR) is 147 cm³/mol. The van der Waals surface area contributed by atoms with E-state index in [1.807, 2.05) is 43.3 Å². The number of benzene rings is 2. The average Bonchev–Trinajstić information content (AvgIpc) is 3.47. The van der Waals surface area contributed by atoms with Crippen molar-refractivity contribution in [3.8, 4) is 17.2 Å². The van der Waals surface area contributed by atoms with E-state index < -0.39 is 12.2 Å². The quantitative estimate of drug-likeness (QED) is 0.242. The van der Waals surface area contributed by atoms with Crippen LogP contribution in [0.1, 0.15) is 18.5 Å². The number of rotatable bonds is 9. The maximum atomic E-state index is 12.6. The van der Waals surface area contributed by atoms with E-state index in [1.54, 1.807) is 10.6 Å². The Kier molecular flexibility index (Phi) is 8.03. The topological polar surface area (TPSA) is 171 Å². The molecule has 1 aliphatic heterocycles. The van der Waals surface area contributed by atoms with E-state index in [4.69, 9.17) is 19.9 Å². The zero-order chi connectivity index (χ0) is 28.1. The van der Waals surface area contributed by atoms with Crippen molar-refractivity contribution in [2.75, 3.05) is 37.9 Å². The minimum absolute atomic E-state index is 0.0293. The van der Waals surface area contributed by atoms with E-state index in [9.17, 15) is 9.90 Å². The molecule has 1 amide bonds. The molecule has 0 fully saturated rings. The smallest absolute Gasteiger partial charge is 0.442 e. The number of hydrogen-bond acceptors (Lipinski definition) is 11. The standard InChI is InChI=1S/C27H30N8O5/c1-16(17-6-4-3-5-7-17)30-12-18(36)15-39-21-9-8-20-22(23(21)38-2)33-26(35-11-10-29-24(20)35)34-27(37)40-19-13-31-25(28)32-14-19/h3-9,13-14,16,18,29-30,36H,10-12,15H2,1-2H3,(H2,28,31,32)/t16-,18-/m1/s1. The maximum absolute atomic E-state index is 12.6. The first-order valence-electron chi connectivity index (χ1n) is 12.7. The van der Waals surface area contributed by atoms with Crippen LogP contribution in [0.3, 0.4) is 0 Å². The molecule has 0 radical (unpaired) electrons. The van der Waals surface area contributed by atoms with Crippen LogP contribution < -0.4 is 36.2 Å². The van der Waals surface area contributed by atoms with Crippen LogP contribution >= 0.6 is 0 Å². The zero-order valence-corrected chi connectivity index (χ0v) is 22.1. The first-order valence-corrected chi connectivity index (χ1v) is 12.7. The summed E-state index contributed by atoms with van der Waals surface area (Å²) < 4.78 is 18.6. The van der Waals surface area contributed by atoms with Crippen molar-refractivity contribution in [2.24, 2.45) is 4.99 Å². The van der Waals surface area contributed by atoms with Crippen molar-refractivity contribution < 1.29 is 24.1 Å². The summed E-state index contributed by atoms with van der Waals surface area (Å²) in [5.41, 5.74) is 7.17. The summed E-state index contributed by atoms with van der Waals surface area (Å²) >= 11 is 0. The van der Waals surface area contributed by atoms with Crippen molar-refractivity contribution in [1.29, 1.82) is 0 Å². The predicted octanol–water partition coefficient (Wildman–Crippen LogP) is 2.03. The molecule has 0 spiro atoms. The van der Waals surface area contributed by atoms with Crippen LogP contribution in [0.5, 0.6) is 17.2 Å². The summed E-state index contributed by atoms with van der Waals surface area (Å²) in [5.74, 6) is 1.64. The van der Waals surface area contributed by atoms with E-state index in [1.165, 1.54) is 19.5 Å². The molecule has 13 heteroatoms. The van der Waals surface area contributed by atoms with E-state index in [2.05, 4.69) is 30.6 Å². The lowest BCUT2D eigenvalue weighted by Gasteiger charge is -2.19. The fraction of sp³-hybridized carbons (Fsp3) is 0.296. The number of ether oxygens (including phenoxy) is 3. The highest BCUT2D eigenvalue weighted by atomic mass is 16.5. The van der Waals surface area contributed by atoms with E-state index >= 15 is 0 Å². The Morgan fingerprint density at radius 3 is 2.75 bits per heavy atom. The Hall–Kier alpha value is -4.75. The Morgan fingerprint density at radius 2 is 2.00 bits per heavy atom. The van der Waals surface area contributed by atoms with Crippen molar-refractivity contribution in [2.45, 2.75) is 25.6 Å². The van der Waals surface area contributed by atoms with Gasteiger partial charge in [0.05, 0.1) is 19.5 Å². The van der Waals surface area contributed by atoms with Gasteiger partial charge in [0.15, 0.2) is 17.2 Å². The number of fused-ring (bicyclic) bond motifs is 3. The summed E-state index contributed by atoms with van der Waals surface area (Å²) in [6.45, 7) is 3.58. The molecule has 2 aromatic carbocycles. The van der Waals surface area contributed by atoms with Gasteiger partial charge in [-0.1, -0.05) is 30.3 Å². The number of nitrogen functional groups attached to an aromatic ring is 1. The fourth-order valence-electron chi connectivity index (χ4n) is 4.35. The molecule has 2 atom stereocenters. The molecule has 5 N–H and O–H groups in total. The SMILES string of the molecule is COc1c(OC[C@H](O)CN[C@H](C)c2ccccc2)ccc2c3n(c(=NC(=O)Oc4cnc(N)nc4)nc12)CCN3. The third kappa shape index (κ3) is 5.95. The molecule has 0 unspecified atom stereocenters. The minimum atomic E-state index is -0.895. The van der Waals surface area contributed by atoms with Crippen LogP contribution in [0.2, 0.25) is 0 Å². The molecule has 4 aromatic rings. The van der Waals surface area contributed by atoms with Gasteiger partial charge in [-0.3, -0.25) is 4.57 Å². The number of carbonyl (C=O) groups is 1. The molecule has 2 aromatic heterocycles. The number of methoxy groups -OCH3 is 1. The van der Waals surface area contributed by atoms with Gasteiger partial charge in [-0.05, 0) is 24.6 Å². The van der Waals surface area contributed by atoms with E-state index in [0.29, 0.717) is 36.6 Å². The molecule has 3 heterocycles. The van der Waals surface area contributed by atoms with E-state index in [0.717, 1.165) is 16.8 Å². The zero-order valence-electron chi connectivity index (χ0n) is 22.1. The second-order valence-electron chi connectivity index (χ2n) is 9.09. The van der Waals surface area contributed by atoms with Crippen molar-refractivity contribution >= 4 is 28.8 Å². The van der Waals surface area contributed by atoms with Gasteiger partial charge in [-0.25, -0.2) is 19.7 Å². The van der Waals surface area contributed by atoms with Gasteiger partial charge in [0, 0.05) is 31.1 Å². The molecule has 13 nitrogen and oxygen atoms in total. The largest absolute Gasteiger partial charge is 0.491 e. The summed E-state index contributed by atoms with van der Waals surface area (Å²) in [7, 11) is 1.50.